The molecule has 1 saturated carbocycles. The first-order valence-corrected chi connectivity index (χ1v) is 6.01. The van der Waals surface area contributed by atoms with Crippen LogP contribution in [0.3, 0.4) is 0 Å². The molecule has 0 aliphatic heterocycles. The van der Waals surface area contributed by atoms with Gasteiger partial charge in [0.25, 0.3) is 0 Å². The van der Waals surface area contributed by atoms with Crippen molar-refractivity contribution in [3.8, 4) is 0 Å². The lowest BCUT2D eigenvalue weighted by Gasteiger charge is -2.29. The van der Waals surface area contributed by atoms with Crippen LogP contribution >= 0.6 is 0 Å². The third-order valence-corrected chi connectivity index (χ3v) is 3.11. The van der Waals surface area contributed by atoms with E-state index < -0.39 is 5.54 Å². The zero-order valence-corrected chi connectivity index (χ0v) is 10.8. The average molecular weight is 228 g/mol. The van der Waals surface area contributed by atoms with Crippen molar-refractivity contribution in [3.63, 3.8) is 0 Å². The number of hydrogen-bond acceptors (Lipinski definition) is 3. The molecule has 1 unspecified atom stereocenters. The zero-order chi connectivity index (χ0) is 12.3. The van der Waals surface area contributed by atoms with Gasteiger partial charge in [0.2, 0.25) is 5.91 Å². The predicted molar refractivity (Wildman–Crippen MR) is 64.0 cm³/mol. The smallest absolute Gasteiger partial charge is 0.242 e. The largest absolute Gasteiger partial charge is 0.377 e. The van der Waals surface area contributed by atoms with Crippen molar-refractivity contribution in [2.75, 3.05) is 20.2 Å². The molecule has 2 N–H and O–H groups in total. The molecular formula is C12H24N2O2. The molecule has 94 valence electrons. The van der Waals surface area contributed by atoms with Crippen molar-refractivity contribution in [3.05, 3.63) is 0 Å². The van der Waals surface area contributed by atoms with Gasteiger partial charge in [-0.2, -0.15) is 0 Å². The van der Waals surface area contributed by atoms with Crippen LogP contribution in [-0.2, 0) is 9.53 Å². The van der Waals surface area contributed by atoms with E-state index in [4.69, 9.17) is 10.5 Å². The Kier molecular flexibility index (Phi) is 4.33. The van der Waals surface area contributed by atoms with Crippen molar-refractivity contribution in [1.29, 1.82) is 0 Å². The summed E-state index contributed by atoms with van der Waals surface area (Å²) < 4.78 is 5.42. The lowest BCUT2D eigenvalue weighted by molar-refractivity contribution is -0.136. The van der Waals surface area contributed by atoms with Crippen LogP contribution in [0.1, 0.15) is 33.6 Å². The first kappa shape index (κ1) is 13.5. The van der Waals surface area contributed by atoms with Gasteiger partial charge in [-0.25, -0.2) is 0 Å². The van der Waals surface area contributed by atoms with Gasteiger partial charge >= 0.3 is 0 Å². The molecule has 0 saturated heterocycles. The van der Waals surface area contributed by atoms with Gasteiger partial charge in [0.1, 0.15) is 0 Å². The van der Waals surface area contributed by atoms with E-state index in [1.807, 2.05) is 20.8 Å². The van der Waals surface area contributed by atoms with Crippen molar-refractivity contribution >= 4 is 5.91 Å². The van der Waals surface area contributed by atoms with Crippen molar-refractivity contribution in [2.45, 2.75) is 45.3 Å². The third-order valence-electron chi connectivity index (χ3n) is 3.11. The highest BCUT2D eigenvalue weighted by Crippen LogP contribution is 2.38. The molecule has 1 aliphatic rings. The Morgan fingerprint density at radius 2 is 2.12 bits per heavy atom. The fraction of sp³-hybridized carbons (Fsp3) is 0.917. The van der Waals surface area contributed by atoms with Crippen LogP contribution in [0.4, 0.5) is 0 Å². The molecule has 0 heterocycles. The number of carbonyl (C=O) groups excluding carboxylic acids is 1. The van der Waals surface area contributed by atoms with Crippen LogP contribution < -0.4 is 5.73 Å². The van der Waals surface area contributed by atoms with Crippen molar-refractivity contribution in [2.24, 2.45) is 11.7 Å². The van der Waals surface area contributed by atoms with Gasteiger partial charge in [-0.15, -0.1) is 0 Å². The number of ether oxygens (including phenoxy) is 1. The van der Waals surface area contributed by atoms with Crippen LogP contribution in [0.15, 0.2) is 0 Å². The minimum Gasteiger partial charge on any atom is -0.377 e. The number of nitrogens with two attached hydrogens (primary N) is 1. The Morgan fingerprint density at radius 1 is 1.56 bits per heavy atom. The minimum atomic E-state index is -0.688. The summed E-state index contributed by atoms with van der Waals surface area (Å²) in [6.07, 6.45) is 2.36. The lowest BCUT2D eigenvalue weighted by Crippen LogP contribution is -2.54. The highest BCUT2D eigenvalue weighted by molar-refractivity contribution is 5.86. The lowest BCUT2D eigenvalue weighted by atomic mass is 9.95. The van der Waals surface area contributed by atoms with E-state index in [-0.39, 0.29) is 12.0 Å². The Hall–Kier alpha value is -0.610. The molecule has 1 amide bonds. The van der Waals surface area contributed by atoms with Gasteiger partial charge in [-0.3, -0.25) is 4.79 Å². The Bertz CT molecular complexity index is 247. The molecule has 16 heavy (non-hydrogen) atoms. The Balaban J connectivity index is 2.35. The summed E-state index contributed by atoms with van der Waals surface area (Å²) in [5, 5.41) is 0. The summed E-state index contributed by atoms with van der Waals surface area (Å²) in [6, 6.07) is 0. The number of rotatable bonds is 6. The highest BCUT2D eigenvalue weighted by Gasteiger charge is 2.45. The molecule has 0 aromatic rings. The number of likely N-dealkylation sites (N-methyl/N-ethyl adjacent to an activating group) is 1. The number of carbonyl (C=O) groups is 1. The van der Waals surface area contributed by atoms with Gasteiger partial charge in [0.05, 0.1) is 18.2 Å². The Labute approximate surface area is 98.1 Å². The van der Waals surface area contributed by atoms with E-state index in [1.54, 1.807) is 11.9 Å². The molecule has 0 bridgehead atoms. The monoisotopic (exact) mass is 228 g/mol. The minimum absolute atomic E-state index is 0.0300. The van der Waals surface area contributed by atoms with E-state index in [2.05, 4.69) is 0 Å². The molecule has 4 nitrogen and oxygen atoms in total. The summed E-state index contributed by atoms with van der Waals surface area (Å²) in [4.78, 5) is 13.7. The van der Waals surface area contributed by atoms with E-state index in [9.17, 15) is 4.79 Å². The van der Waals surface area contributed by atoms with E-state index >= 15 is 0 Å². The number of amides is 1. The van der Waals surface area contributed by atoms with Crippen LogP contribution in [-0.4, -0.2) is 42.6 Å². The normalized spacial score (nSPS) is 19.6. The van der Waals surface area contributed by atoms with Crippen molar-refractivity contribution < 1.29 is 9.53 Å². The zero-order valence-electron chi connectivity index (χ0n) is 10.8. The number of nitrogens with zero attached hydrogens (tertiary/aromatic N) is 1. The molecular weight excluding hydrogens is 204 g/mol. The van der Waals surface area contributed by atoms with Gasteiger partial charge in [-0.1, -0.05) is 0 Å². The molecule has 1 atom stereocenters. The molecule has 0 spiro atoms. The second kappa shape index (κ2) is 5.15. The summed E-state index contributed by atoms with van der Waals surface area (Å²) in [5.74, 6) is 0.399. The molecule has 0 radical (unpaired) electrons. The molecule has 1 aliphatic carbocycles. The molecule has 4 heteroatoms. The van der Waals surface area contributed by atoms with Crippen LogP contribution in [0.2, 0.25) is 0 Å². The van der Waals surface area contributed by atoms with Gasteiger partial charge < -0.3 is 15.4 Å². The maximum Gasteiger partial charge on any atom is 0.242 e. The molecule has 0 aromatic heterocycles. The van der Waals surface area contributed by atoms with E-state index in [0.29, 0.717) is 19.1 Å². The summed E-state index contributed by atoms with van der Waals surface area (Å²) in [6.45, 7) is 6.99. The fourth-order valence-corrected chi connectivity index (χ4v) is 1.80. The van der Waals surface area contributed by atoms with Gasteiger partial charge in [0, 0.05) is 13.6 Å². The molecule has 1 fully saturated rings. The van der Waals surface area contributed by atoms with E-state index in [1.165, 1.54) is 0 Å². The topological polar surface area (TPSA) is 55.6 Å². The maximum absolute atomic E-state index is 12.1. The highest BCUT2D eigenvalue weighted by atomic mass is 16.5. The van der Waals surface area contributed by atoms with Crippen molar-refractivity contribution in [1.82, 2.24) is 4.90 Å². The number of hydrogen-bond donors (Lipinski definition) is 1. The van der Waals surface area contributed by atoms with E-state index in [0.717, 1.165) is 12.8 Å². The Morgan fingerprint density at radius 3 is 2.56 bits per heavy atom. The second-order valence-corrected chi connectivity index (χ2v) is 5.20. The quantitative estimate of drug-likeness (QED) is 0.738. The summed E-state index contributed by atoms with van der Waals surface area (Å²) >= 11 is 0. The average Bonchev–Trinajstić information content (AvgIpc) is 2.98. The molecule has 1 rings (SSSR count). The first-order chi connectivity index (χ1) is 7.35. The fourth-order valence-electron chi connectivity index (χ4n) is 1.80. The summed E-state index contributed by atoms with van der Waals surface area (Å²) in [5.41, 5.74) is 5.38. The standard InChI is InChI=1S/C12H24N2O2/c1-9(2)16-8-7-14(4)11(15)12(3,13)10-5-6-10/h9-10H,5-8,13H2,1-4H3. The summed E-state index contributed by atoms with van der Waals surface area (Å²) in [7, 11) is 1.79. The SMILES string of the molecule is CC(C)OCCN(C)C(=O)C(C)(N)C1CC1. The van der Waals surface area contributed by atoms with Crippen LogP contribution in [0, 0.1) is 5.92 Å². The maximum atomic E-state index is 12.1. The van der Waals surface area contributed by atoms with Gasteiger partial charge in [0.15, 0.2) is 0 Å². The van der Waals surface area contributed by atoms with Crippen LogP contribution in [0.25, 0.3) is 0 Å². The third kappa shape index (κ3) is 3.46. The van der Waals surface area contributed by atoms with Gasteiger partial charge in [-0.05, 0) is 39.5 Å². The van der Waals surface area contributed by atoms with Crippen LogP contribution in [0.5, 0.6) is 0 Å². The molecule has 0 aromatic carbocycles. The second-order valence-electron chi connectivity index (χ2n) is 5.20. The predicted octanol–water partition coefficient (Wildman–Crippen LogP) is 0.997. The first-order valence-electron chi connectivity index (χ1n) is 6.01.